The second-order valence-corrected chi connectivity index (χ2v) is 4.53. The molecule has 0 saturated heterocycles. The second kappa shape index (κ2) is 7.66. The largest absolute Gasteiger partial charge is 0.471 e. The molecule has 0 radical (unpaired) electrons. The van der Waals surface area contributed by atoms with E-state index in [9.17, 15) is 22.8 Å². The first-order valence-corrected chi connectivity index (χ1v) is 6.56. The molecule has 116 valence electrons. The molecule has 1 aromatic rings. The lowest BCUT2D eigenvalue weighted by molar-refractivity contribution is -0.173. The molecule has 1 rings (SSSR count). The average molecular weight is 302 g/mol. The lowest BCUT2D eigenvalue weighted by Crippen LogP contribution is -2.41. The van der Waals surface area contributed by atoms with Crippen LogP contribution in [-0.2, 0) is 16.0 Å². The van der Waals surface area contributed by atoms with E-state index in [-0.39, 0.29) is 0 Å². The summed E-state index contributed by atoms with van der Waals surface area (Å²) in [7, 11) is 0. The van der Waals surface area contributed by atoms with Crippen LogP contribution in [0.25, 0.3) is 0 Å². The highest BCUT2D eigenvalue weighted by molar-refractivity contribution is 5.95. The number of aryl methyl sites for hydroxylation is 1. The number of unbranched alkanes of at least 4 members (excludes halogenated alkanes) is 1. The summed E-state index contributed by atoms with van der Waals surface area (Å²) >= 11 is 0. The number of benzene rings is 1. The average Bonchev–Trinajstić information content (AvgIpc) is 2.43. The van der Waals surface area contributed by atoms with Crippen molar-refractivity contribution in [3.05, 3.63) is 29.8 Å². The van der Waals surface area contributed by atoms with Crippen LogP contribution < -0.4 is 10.6 Å². The van der Waals surface area contributed by atoms with Crippen molar-refractivity contribution in [2.45, 2.75) is 32.4 Å². The van der Waals surface area contributed by atoms with Gasteiger partial charge in [-0.05, 0) is 30.5 Å². The molecule has 0 aromatic heterocycles. The number of nitrogens with one attached hydrogen (secondary N) is 2. The van der Waals surface area contributed by atoms with Gasteiger partial charge in [-0.2, -0.15) is 13.2 Å². The van der Waals surface area contributed by atoms with Crippen LogP contribution in [0.15, 0.2) is 24.3 Å². The summed E-state index contributed by atoms with van der Waals surface area (Å²) in [5.74, 6) is -2.85. The van der Waals surface area contributed by atoms with E-state index in [0.717, 1.165) is 24.8 Å². The topological polar surface area (TPSA) is 58.2 Å². The van der Waals surface area contributed by atoms with E-state index in [1.54, 1.807) is 12.1 Å². The normalized spacial score (nSPS) is 11.0. The SMILES string of the molecule is CCCCc1ccc(NC(=O)CNC(=O)C(F)(F)F)cc1. The molecule has 0 fully saturated rings. The van der Waals surface area contributed by atoms with Gasteiger partial charge in [0.2, 0.25) is 5.91 Å². The summed E-state index contributed by atoms with van der Waals surface area (Å²) in [6.07, 6.45) is -1.90. The molecule has 4 nitrogen and oxygen atoms in total. The van der Waals surface area contributed by atoms with Crippen LogP contribution >= 0.6 is 0 Å². The summed E-state index contributed by atoms with van der Waals surface area (Å²) in [5, 5.41) is 3.92. The van der Waals surface area contributed by atoms with E-state index < -0.39 is 24.5 Å². The Bertz CT molecular complexity index is 484. The number of hydrogen-bond donors (Lipinski definition) is 2. The highest BCUT2D eigenvalue weighted by Gasteiger charge is 2.38. The smallest absolute Gasteiger partial charge is 0.339 e. The lowest BCUT2D eigenvalue weighted by atomic mass is 10.1. The van der Waals surface area contributed by atoms with E-state index in [1.165, 1.54) is 5.32 Å². The van der Waals surface area contributed by atoms with Gasteiger partial charge in [-0.25, -0.2) is 0 Å². The van der Waals surface area contributed by atoms with Crippen LogP contribution in [0.2, 0.25) is 0 Å². The van der Waals surface area contributed by atoms with E-state index >= 15 is 0 Å². The highest BCUT2D eigenvalue weighted by atomic mass is 19.4. The van der Waals surface area contributed by atoms with Crippen LogP contribution in [0.3, 0.4) is 0 Å². The maximum absolute atomic E-state index is 11.9. The predicted molar refractivity (Wildman–Crippen MR) is 72.7 cm³/mol. The molecule has 1 aromatic carbocycles. The standard InChI is InChI=1S/C14H17F3N2O2/c1-2-3-4-10-5-7-11(8-6-10)19-12(20)9-18-13(21)14(15,16)17/h5-8H,2-4,9H2,1H3,(H,18,21)(H,19,20). The monoisotopic (exact) mass is 302 g/mol. The van der Waals surface area contributed by atoms with Crippen molar-refractivity contribution in [2.24, 2.45) is 0 Å². The molecule has 0 aliphatic rings. The molecule has 0 atom stereocenters. The number of carbonyl (C=O) groups excluding carboxylic acids is 2. The number of amides is 2. The van der Waals surface area contributed by atoms with Gasteiger partial charge in [0.15, 0.2) is 0 Å². The van der Waals surface area contributed by atoms with Gasteiger partial charge < -0.3 is 10.6 Å². The number of rotatable bonds is 6. The fourth-order valence-electron chi connectivity index (χ4n) is 1.60. The zero-order chi connectivity index (χ0) is 15.9. The minimum Gasteiger partial charge on any atom is -0.339 e. The van der Waals surface area contributed by atoms with E-state index in [0.29, 0.717) is 5.69 Å². The first-order chi connectivity index (χ1) is 9.82. The molecule has 0 unspecified atom stereocenters. The molecular formula is C14H17F3N2O2. The summed E-state index contributed by atoms with van der Waals surface area (Å²) in [4.78, 5) is 22.0. The van der Waals surface area contributed by atoms with Crippen molar-refractivity contribution >= 4 is 17.5 Å². The third kappa shape index (κ3) is 6.29. The number of alkyl halides is 3. The minimum absolute atomic E-state index is 0.474. The van der Waals surface area contributed by atoms with Crippen LogP contribution in [0.1, 0.15) is 25.3 Å². The Morgan fingerprint density at radius 2 is 1.76 bits per heavy atom. The van der Waals surface area contributed by atoms with Crippen molar-refractivity contribution in [1.82, 2.24) is 5.32 Å². The fourth-order valence-corrected chi connectivity index (χ4v) is 1.60. The number of carbonyl (C=O) groups is 2. The zero-order valence-corrected chi connectivity index (χ0v) is 11.6. The van der Waals surface area contributed by atoms with E-state index in [4.69, 9.17) is 0 Å². The predicted octanol–water partition coefficient (Wildman–Crippen LogP) is 2.65. The van der Waals surface area contributed by atoms with Crippen molar-refractivity contribution in [3.63, 3.8) is 0 Å². The first kappa shape index (κ1) is 17.0. The molecule has 0 saturated carbocycles. The van der Waals surface area contributed by atoms with Crippen LogP contribution in [-0.4, -0.2) is 24.5 Å². The highest BCUT2D eigenvalue weighted by Crippen LogP contribution is 2.14. The number of anilines is 1. The van der Waals surface area contributed by atoms with Crippen LogP contribution in [0.4, 0.5) is 18.9 Å². The Hall–Kier alpha value is -2.05. The fraction of sp³-hybridized carbons (Fsp3) is 0.429. The quantitative estimate of drug-likeness (QED) is 0.848. The molecule has 0 spiro atoms. The number of halogens is 3. The Morgan fingerprint density at radius 1 is 1.14 bits per heavy atom. The summed E-state index contributed by atoms with van der Waals surface area (Å²) in [6, 6.07) is 7.04. The molecule has 0 bridgehead atoms. The molecule has 0 aliphatic carbocycles. The van der Waals surface area contributed by atoms with Gasteiger partial charge in [0.25, 0.3) is 0 Å². The Kier molecular flexibility index (Phi) is 6.20. The third-order valence-corrected chi connectivity index (χ3v) is 2.72. The van der Waals surface area contributed by atoms with Gasteiger partial charge in [0.05, 0.1) is 6.54 Å². The minimum atomic E-state index is -4.98. The Balaban J connectivity index is 2.42. The van der Waals surface area contributed by atoms with Gasteiger partial charge in [0, 0.05) is 5.69 Å². The van der Waals surface area contributed by atoms with Gasteiger partial charge >= 0.3 is 12.1 Å². The van der Waals surface area contributed by atoms with Crippen LogP contribution in [0.5, 0.6) is 0 Å². The molecule has 21 heavy (non-hydrogen) atoms. The Labute approximate surface area is 120 Å². The maximum atomic E-state index is 11.9. The Morgan fingerprint density at radius 3 is 2.29 bits per heavy atom. The van der Waals surface area contributed by atoms with E-state index in [2.05, 4.69) is 12.2 Å². The lowest BCUT2D eigenvalue weighted by Gasteiger charge is -2.09. The van der Waals surface area contributed by atoms with Crippen molar-refractivity contribution in [3.8, 4) is 0 Å². The number of hydrogen-bond acceptors (Lipinski definition) is 2. The van der Waals surface area contributed by atoms with Crippen molar-refractivity contribution < 1.29 is 22.8 Å². The third-order valence-electron chi connectivity index (χ3n) is 2.72. The van der Waals surface area contributed by atoms with Crippen molar-refractivity contribution in [1.29, 1.82) is 0 Å². The van der Waals surface area contributed by atoms with Crippen LogP contribution in [0, 0.1) is 0 Å². The molecule has 0 heterocycles. The molecule has 7 heteroatoms. The molecule has 2 amide bonds. The first-order valence-electron chi connectivity index (χ1n) is 6.56. The maximum Gasteiger partial charge on any atom is 0.471 e. The molecule has 0 aliphatic heterocycles. The molecule has 2 N–H and O–H groups in total. The summed E-state index contributed by atoms with van der Waals surface area (Å²) in [5.41, 5.74) is 1.60. The van der Waals surface area contributed by atoms with E-state index in [1.807, 2.05) is 12.1 Å². The van der Waals surface area contributed by atoms with Gasteiger partial charge in [-0.15, -0.1) is 0 Å². The van der Waals surface area contributed by atoms with Crippen molar-refractivity contribution in [2.75, 3.05) is 11.9 Å². The molecular weight excluding hydrogens is 285 g/mol. The van der Waals surface area contributed by atoms with Gasteiger partial charge in [-0.1, -0.05) is 25.5 Å². The second-order valence-electron chi connectivity index (χ2n) is 4.53. The zero-order valence-electron chi connectivity index (χ0n) is 11.6. The van der Waals surface area contributed by atoms with Gasteiger partial charge in [0.1, 0.15) is 0 Å². The summed E-state index contributed by atoms with van der Waals surface area (Å²) < 4.78 is 35.8. The van der Waals surface area contributed by atoms with Gasteiger partial charge in [-0.3, -0.25) is 9.59 Å². The summed E-state index contributed by atoms with van der Waals surface area (Å²) in [6.45, 7) is 1.36.